The molecule has 0 unspecified atom stereocenters. The highest BCUT2D eigenvalue weighted by Crippen LogP contribution is 2.25. The van der Waals surface area contributed by atoms with Crippen LogP contribution >= 0.6 is 0 Å². The van der Waals surface area contributed by atoms with Crippen LogP contribution in [0.5, 0.6) is 0 Å². The Balaban J connectivity index is 1.74. The van der Waals surface area contributed by atoms with Gasteiger partial charge in [0.05, 0.1) is 5.52 Å². The zero-order valence-electron chi connectivity index (χ0n) is 13.8. The van der Waals surface area contributed by atoms with E-state index in [1.54, 1.807) is 0 Å². The molecule has 1 aromatic heterocycles. The van der Waals surface area contributed by atoms with Crippen molar-refractivity contribution in [3.8, 4) is 11.4 Å². The predicted molar refractivity (Wildman–Crippen MR) is 98.7 cm³/mol. The monoisotopic (exact) mass is 347 g/mol. The van der Waals surface area contributed by atoms with E-state index in [1.165, 1.54) is 6.07 Å². The number of fused-ring (bicyclic) bond motifs is 1. The van der Waals surface area contributed by atoms with Gasteiger partial charge in [0, 0.05) is 23.1 Å². The molecule has 0 atom stereocenters. The molecule has 3 aromatic carbocycles. The van der Waals surface area contributed by atoms with E-state index in [0.717, 1.165) is 28.6 Å². The van der Waals surface area contributed by atoms with E-state index in [4.69, 9.17) is 0 Å². The fourth-order valence-corrected chi connectivity index (χ4v) is 2.79. The number of nitrogens with one attached hydrogen (secondary N) is 1. The first kappa shape index (κ1) is 16.1. The van der Waals surface area contributed by atoms with Crippen LogP contribution in [0, 0.1) is 11.6 Å². The van der Waals surface area contributed by atoms with Crippen LogP contribution in [-0.2, 0) is 6.54 Å². The lowest BCUT2D eigenvalue weighted by Gasteiger charge is -2.11. The molecule has 4 rings (SSSR count). The summed E-state index contributed by atoms with van der Waals surface area (Å²) < 4.78 is 27.3. The molecule has 0 aliphatic carbocycles. The van der Waals surface area contributed by atoms with Gasteiger partial charge in [-0.15, -0.1) is 0 Å². The average molecular weight is 347 g/mol. The molecule has 1 N–H and O–H groups in total. The second-order valence-corrected chi connectivity index (χ2v) is 5.87. The van der Waals surface area contributed by atoms with E-state index >= 15 is 0 Å². The van der Waals surface area contributed by atoms with E-state index in [1.807, 2.05) is 54.6 Å². The van der Waals surface area contributed by atoms with Gasteiger partial charge in [-0.25, -0.2) is 18.7 Å². The molecule has 0 fully saturated rings. The highest BCUT2D eigenvalue weighted by molar-refractivity contribution is 5.90. The Hall–Kier alpha value is -3.34. The van der Waals surface area contributed by atoms with Gasteiger partial charge in [-0.05, 0) is 30.3 Å². The molecule has 4 aromatic rings. The number of halogens is 2. The first-order chi connectivity index (χ1) is 12.7. The highest BCUT2D eigenvalue weighted by atomic mass is 19.1. The lowest BCUT2D eigenvalue weighted by Crippen LogP contribution is -2.06. The number of aromatic nitrogens is 2. The highest BCUT2D eigenvalue weighted by Gasteiger charge is 2.10. The SMILES string of the molecule is Fc1ccc(F)c(CNc2nc(-c3ccccc3)nc3ccccc23)c1. The molecule has 0 bridgehead atoms. The van der Waals surface area contributed by atoms with Crippen LogP contribution < -0.4 is 5.32 Å². The predicted octanol–water partition coefficient (Wildman–Crippen LogP) is 5.19. The van der Waals surface area contributed by atoms with Crippen LogP contribution in [0.15, 0.2) is 72.8 Å². The summed E-state index contributed by atoms with van der Waals surface area (Å²) in [5, 5.41) is 3.95. The normalized spacial score (nSPS) is 10.8. The van der Waals surface area contributed by atoms with Crippen molar-refractivity contribution >= 4 is 16.7 Å². The lowest BCUT2D eigenvalue weighted by molar-refractivity contribution is 0.587. The number of anilines is 1. The van der Waals surface area contributed by atoms with Crippen LogP contribution in [-0.4, -0.2) is 9.97 Å². The fraction of sp³-hybridized carbons (Fsp3) is 0.0476. The number of para-hydroxylation sites is 1. The summed E-state index contributed by atoms with van der Waals surface area (Å²) in [6.07, 6.45) is 0. The van der Waals surface area contributed by atoms with Gasteiger partial charge in [-0.2, -0.15) is 0 Å². The smallest absolute Gasteiger partial charge is 0.162 e. The summed E-state index contributed by atoms with van der Waals surface area (Å²) in [6.45, 7) is 0.124. The van der Waals surface area contributed by atoms with Gasteiger partial charge in [-0.1, -0.05) is 42.5 Å². The van der Waals surface area contributed by atoms with E-state index in [9.17, 15) is 8.78 Å². The summed E-state index contributed by atoms with van der Waals surface area (Å²) in [7, 11) is 0. The first-order valence-corrected chi connectivity index (χ1v) is 8.21. The molecule has 0 amide bonds. The Labute approximate surface area is 149 Å². The molecular weight excluding hydrogens is 332 g/mol. The first-order valence-electron chi connectivity index (χ1n) is 8.21. The molecule has 128 valence electrons. The van der Waals surface area contributed by atoms with Crippen LogP contribution in [0.4, 0.5) is 14.6 Å². The van der Waals surface area contributed by atoms with Gasteiger partial charge in [0.15, 0.2) is 5.82 Å². The van der Waals surface area contributed by atoms with Crippen molar-refractivity contribution < 1.29 is 8.78 Å². The number of benzene rings is 3. The zero-order chi connectivity index (χ0) is 17.9. The number of rotatable bonds is 4. The fourth-order valence-electron chi connectivity index (χ4n) is 2.79. The third-order valence-corrected chi connectivity index (χ3v) is 4.09. The summed E-state index contributed by atoms with van der Waals surface area (Å²) in [6, 6.07) is 20.6. The minimum atomic E-state index is -0.472. The number of hydrogen-bond acceptors (Lipinski definition) is 3. The quantitative estimate of drug-likeness (QED) is 0.552. The topological polar surface area (TPSA) is 37.8 Å². The second-order valence-electron chi connectivity index (χ2n) is 5.87. The van der Waals surface area contributed by atoms with Gasteiger partial charge < -0.3 is 5.32 Å². The Bertz CT molecular complexity index is 1070. The Morgan fingerprint density at radius 2 is 1.58 bits per heavy atom. The van der Waals surface area contributed by atoms with Crippen LogP contribution in [0.2, 0.25) is 0 Å². The minimum absolute atomic E-state index is 0.124. The van der Waals surface area contributed by atoms with Crippen LogP contribution in [0.1, 0.15) is 5.56 Å². The third kappa shape index (κ3) is 3.24. The van der Waals surface area contributed by atoms with E-state index in [2.05, 4.69) is 15.3 Å². The van der Waals surface area contributed by atoms with Crippen molar-refractivity contribution in [2.45, 2.75) is 6.54 Å². The van der Waals surface area contributed by atoms with E-state index < -0.39 is 11.6 Å². The molecule has 0 aliphatic rings. The maximum absolute atomic E-state index is 13.9. The van der Waals surface area contributed by atoms with Crippen molar-refractivity contribution in [3.05, 3.63) is 90.0 Å². The largest absolute Gasteiger partial charge is 0.365 e. The maximum Gasteiger partial charge on any atom is 0.162 e. The second kappa shape index (κ2) is 6.88. The maximum atomic E-state index is 13.9. The van der Waals surface area contributed by atoms with Crippen LogP contribution in [0.25, 0.3) is 22.3 Å². The Morgan fingerprint density at radius 3 is 2.42 bits per heavy atom. The van der Waals surface area contributed by atoms with Gasteiger partial charge >= 0.3 is 0 Å². The van der Waals surface area contributed by atoms with Gasteiger partial charge in [0.2, 0.25) is 0 Å². The zero-order valence-corrected chi connectivity index (χ0v) is 13.8. The van der Waals surface area contributed by atoms with E-state index in [-0.39, 0.29) is 12.1 Å². The molecule has 3 nitrogen and oxygen atoms in total. The molecule has 0 saturated heterocycles. The molecule has 26 heavy (non-hydrogen) atoms. The molecular formula is C21H15F2N3. The standard InChI is InChI=1S/C21H15F2N3/c22-16-10-11-18(23)15(12-16)13-24-21-17-8-4-5-9-19(17)25-20(26-21)14-6-2-1-3-7-14/h1-12H,13H2,(H,24,25,26). The van der Waals surface area contributed by atoms with Crippen molar-refractivity contribution in [3.63, 3.8) is 0 Å². The van der Waals surface area contributed by atoms with Crippen molar-refractivity contribution in [1.29, 1.82) is 0 Å². The van der Waals surface area contributed by atoms with E-state index in [0.29, 0.717) is 11.6 Å². The summed E-state index contributed by atoms with van der Waals surface area (Å²) >= 11 is 0. The van der Waals surface area contributed by atoms with Crippen LogP contribution in [0.3, 0.4) is 0 Å². The molecule has 0 radical (unpaired) electrons. The molecule has 0 aliphatic heterocycles. The summed E-state index contributed by atoms with van der Waals surface area (Å²) in [5.74, 6) is 0.228. The van der Waals surface area contributed by atoms with Gasteiger partial charge in [0.1, 0.15) is 17.5 Å². The molecule has 0 spiro atoms. The number of hydrogen-bond donors (Lipinski definition) is 1. The van der Waals surface area contributed by atoms with Gasteiger partial charge in [-0.3, -0.25) is 0 Å². The van der Waals surface area contributed by atoms with Crippen molar-refractivity contribution in [2.24, 2.45) is 0 Å². The van der Waals surface area contributed by atoms with Crippen molar-refractivity contribution in [1.82, 2.24) is 9.97 Å². The molecule has 0 saturated carbocycles. The molecule has 1 heterocycles. The average Bonchev–Trinajstić information content (AvgIpc) is 2.69. The third-order valence-electron chi connectivity index (χ3n) is 4.09. The molecule has 5 heteroatoms. The number of nitrogens with zero attached hydrogens (tertiary/aromatic N) is 2. The Morgan fingerprint density at radius 1 is 0.808 bits per heavy atom. The van der Waals surface area contributed by atoms with Crippen molar-refractivity contribution in [2.75, 3.05) is 5.32 Å². The minimum Gasteiger partial charge on any atom is -0.365 e. The summed E-state index contributed by atoms with van der Waals surface area (Å²) in [4.78, 5) is 9.21. The van der Waals surface area contributed by atoms with Gasteiger partial charge in [0.25, 0.3) is 0 Å². The lowest BCUT2D eigenvalue weighted by atomic mass is 10.1. The Kier molecular flexibility index (Phi) is 4.27. The summed E-state index contributed by atoms with van der Waals surface area (Å²) in [5.41, 5.74) is 1.91.